The van der Waals surface area contributed by atoms with E-state index in [4.69, 9.17) is 9.47 Å². The van der Waals surface area contributed by atoms with Gasteiger partial charge in [0.25, 0.3) is 5.91 Å². The molecule has 2 aliphatic rings. The Morgan fingerprint density at radius 1 is 1.17 bits per heavy atom. The van der Waals surface area contributed by atoms with Crippen molar-refractivity contribution >= 4 is 32.7 Å². The number of pyridine rings is 2. The fourth-order valence-corrected chi connectivity index (χ4v) is 5.03. The molecule has 1 aliphatic heterocycles. The van der Waals surface area contributed by atoms with Crippen LogP contribution in [0, 0.1) is 0 Å². The summed E-state index contributed by atoms with van der Waals surface area (Å²) in [6.07, 6.45) is 11.4. The van der Waals surface area contributed by atoms with Crippen LogP contribution in [0.25, 0.3) is 10.9 Å². The number of nitrogens with one attached hydrogen (secondary N) is 1. The molecule has 1 amide bonds. The fourth-order valence-electron chi connectivity index (χ4n) is 4.59. The number of aromatic nitrogens is 4. The molecule has 4 heterocycles. The highest BCUT2D eigenvalue weighted by molar-refractivity contribution is 7.89. The van der Waals surface area contributed by atoms with E-state index in [-0.39, 0.29) is 17.5 Å². The molecule has 1 saturated carbocycles. The van der Waals surface area contributed by atoms with Crippen molar-refractivity contribution in [1.29, 1.82) is 0 Å². The SMILES string of the molecule is CS(=O)(=O)NC(=O)c1cc2cnc(N3CCOCC3)cc2nc1OC1CCC(n2ccnc2)CC1. The average Bonchev–Trinajstić information content (AvgIpc) is 3.38. The molecule has 3 aromatic heterocycles. The van der Waals surface area contributed by atoms with E-state index in [2.05, 4.69) is 24.4 Å². The molecule has 0 bridgehead atoms. The lowest BCUT2D eigenvalue weighted by Crippen LogP contribution is -2.36. The Morgan fingerprint density at radius 2 is 1.94 bits per heavy atom. The molecule has 2 fully saturated rings. The minimum absolute atomic E-state index is 0.0700. The van der Waals surface area contributed by atoms with E-state index in [1.165, 1.54) is 0 Å². The smallest absolute Gasteiger partial charge is 0.270 e. The zero-order chi connectivity index (χ0) is 24.4. The lowest BCUT2D eigenvalue weighted by Gasteiger charge is -2.30. The van der Waals surface area contributed by atoms with Gasteiger partial charge in [-0.1, -0.05) is 0 Å². The first-order valence-electron chi connectivity index (χ1n) is 11.7. The van der Waals surface area contributed by atoms with Crippen molar-refractivity contribution in [3.8, 4) is 5.88 Å². The molecular weight excluding hydrogens is 472 g/mol. The number of anilines is 1. The number of carbonyl (C=O) groups is 1. The van der Waals surface area contributed by atoms with Crippen LogP contribution >= 0.6 is 0 Å². The van der Waals surface area contributed by atoms with Crippen LogP contribution in [-0.2, 0) is 14.8 Å². The first-order valence-corrected chi connectivity index (χ1v) is 13.5. The van der Waals surface area contributed by atoms with E-state index >= 15 is 0 Å². The third-order valence-corrected chi connectivity index (χ3v) is 6.93. The van der Waals surface area contributed by atoms with E-state index in [0.29, 0.717) is 30.2 Å². The van der Waals surface area contributed by atoms with Gasteiger partial charge in [0.05, 0.1) is 31.3 Å². The molecule has 0 unspecified atom stereocenters. The molecule has 0 atom stereocenters. The topological polar surface area (TPSA) is 129 Å². The summed E-state index contributed by atoms with van der Waals surface area (Å²) in [4.78, 5) is 28.2. The molecule has 12 heteroatoms. The molecule has 0 spiro atoms. The molecule has 0 radical (unpaired) electrons. The highest BCUT2D eigenvalue weighted by atomic mass is 32.2. The Balaban J connectivity index is 1.42. The van der Waals surface area contributed by atoms with E-state index in [1.807, 2.05) is 23.3 Å². The Bertz CT molecular complexity index is 1300. The van der Waals surface area contributed by atoms with Gasteiger partial charge < -0.3 is 18.9 Å². The number of morpholine rings is 1. The van der Waals surface area contributed by atoms with Crippen molar-refractivity contribution in [1.82, 2.24) is 24.2 Å². The second-order valence-corrected chi connectivity index (χ2v) is 10.7. The Labute approximate surface area is 203 Å². The highest BCUT2D eigenvalue weighted by Crippen LogP contribution is 2.32. The summed E-state index contributed by atoms with van der Waals surface area (Å²) in [6.45, 7) is 2.73. The van der Waals surface area contributed by atoms with Gasteiger partial charge in [0.2, 0.25) is 15.9 Å². The number of ether oxygens (including phenoxy) is 2. The van der Waals surface area contributed by atoms with Crippen molar-refractivity contribution in [2.75, 3.05) is 37.5 Å². The quantitative estimate of drug-likeness (QED) is 0.540. The molecule has 5 rings (SSSR count). The number of imidazole rings is 1. The predicted molar refractivity (Wildman–Crippen MR) is 129 cm³/mol. The molecule has 0 aromatic carbocycles. The third kappa shape index (κ3) is 5.54. The lowest BCUT2D eigenvalue weighted by molar-refractivity contribution is 0.0960. The molecule has 1 aliphatic carbocycles. The van der Waals surface area contributed by atoms with Gasteiger partial charge in [-0.05, 0) is 31.7 Å². The minimum atomic E-state index is -3.75. The van der Waals surface area contributed by atoms with Crippen molar-refractivity contribution in [3.63, 3.8) is 0 Å². The normalized spacial score (nSPS) is 21.1. The van der Waals surface area contributed by atoms with E-state index in [9.17, 15) is 13.2 Å². The fraction of sp³-hybridized carbons (Fsp3) is 0.478. The maximum absolute atomic E-state index is 12.8. The van der Waals surface area contributed by atoms with Gasteiger partial charge >= 0.3 is 0 Å². The number of amides is 1. The van der Waals surface area contributed by atoms with Gasteiger partial charge in [0, 0.05) is 49.2 Å². The number of rotatable bonds is 6. The summed E-state index contributed by atoms with van der Waals surface area (Å²) in [5.74, 6) is 0.124. The summed E-state index contributed by atoms with van der Waals surface area (Å²) in [5, 5.41) is 0.622. The van der Waals surface area contributed by atoms with Crippen LogP contribution in [0.3, 0.4) is 0 Å². The van der Waals surface area contributed by atoms with Crippen LogP contribution in [-0.4, -0.2) is 72.5 Å². The first kappa shape index (κ1) is 23.5. The van der Waals surface area contributed by atoms with Gasteiger partial charge in [0.15, 0.2) is 0 Å². The standard InChI is InChI=1S/C23H28N6O5S/c1-35(31,32)27-22(30)19-12-16-14-25-21(28-8-10-33-11-9-28)13-20(16)26-23(19)34-18-4-2-17(3-5-18)29-7-6-24-15-29/h6-7,12-15,17-18H,2-5,8-11H2,1H3,(H,27,30). The van der Waals surface area contributed by atoms with E-state index in [1.54, 1.807) is 18.5 Å². The van der Waals surface area contributed by atoms with Crippen LogP contribution in [0.1, 0.15) is 42.1 Å². The molecule has 1 saturated heterocycles. The first-order chi connectivity index (χ1) is 16.9. The Morgan fingerprint density at radius 3 is 2.63 bits per heavy atom. The Kier molecular flexibility index (Phi) is 6.56. The largest absolute Gasteiger partial charge is 0.474 e. The summed E-state index contributed by atoms with van der Waals surface area (Å²) < 4.78 is 39.2. The predicted octanol–water partition coefficient (Wildman–Crippen LogP) is 1.91. The third-order valence-electron chi connectivity index (χ3n) is 6.38. The maximum Gasteiger partial charge on any atom is 0.270 e. The summed E-state index contributed by atoms with van der Waals surface area (Å²) >= 11 is 0. The summed E-state index contributed by atoms with van der Waals surface area (Å²) in [7, 11) is -3.75. The van der Waals surface area contributed by atoms with Gasteiger partial charge in [-0.3, -0.25) is 4.79 Å². The number of hydrogen-bond acceptors (Lipinski definition) is 9. The van der Waals surface area contributed by atoms with Gasteiger partial charge in [-0.15, -0.1) is 0 Å². The van der Waals surface area contributed by atoms with Crippen LogP contribution in [0.4, 0.5) is 5.82 Å². The molecule has 3 aromatic rings. The average molecular weight is 501 g/mol. The van der Waals surface area contributed by atoms with Crippen molar-refractivity contribution in [2.24, 2.45) is 0 Å². The molecule has 1 N–H and O–H groups in total. The van der Waals surface area contributed by atoms with Crippen molar-refractivity contribution < 1.29 is 22.7 Å². The highest BCUT2D eigenvalue weighted by Gasteiger charge is 2.27. The minimum Gasteiger partial charge on any atom is -0.474 e. The maximum atomic E-state index is 12.8. The zero-order valence-electron chi connectivity index (χ0n) is 19.5. The number of carbonyl (C=O) groups excluding carboxylic acids is 1. The number of fused-ring (bicyclic) bond motifs is 1. The molecule has 11 nitrogen and oxygen atoms in total. The van der Waals surface area contributed by atoms with Crippen molar-refractivity contribution in [3.05, 3.63) is 42.6 Å². The summed E-state index contributed by atoms with van der Waals surface area (Å²) in [6, 6.07) is 3.81. The lowest BCUT2D eigenvalue weighted by atomic mass is 9.93. The van der Waals surface area contributed by atoms with Crippen LogP contribution in [0.15, 0.2) is 37.1 Å². The van der Waals surface area contributed by atoms with E-state index < -0.39 is 15.9 Å². The van der Waals surface area contributed by atoms with Crippen molar-refractivity contribution in [2.45, 2.75) is 37.8 Å². The molecule has 186 valence electrons. The zero-order valence-corrected chi connectivity index (χ0v) is 20.3. The van der Waals surface area contributed by atoms with Gasteiger partial charge in [-0.25, -0.2) is 28.1 Å². The van der Waals surface area contributed by atoms with Crippen LogP contribution in [0.5, 0.6) is 5.88 Å². The Hall–Kier alpha value is -3.25. The number of hydrogen-bond donors (Lipinski definition) is 1. The number of sulfonamides is 1. The molecule has 35 heavy (non-hydrogen) atoms. The monoisotopic (exact) mass is 500 g/mol. The second-order valence-electron chi connectivity index (χ2n) is 8.94. The van der Waals surface area contributed by atoms with Crippen LogP contribution in [0.2, 0.25) is 0 Å². The van der Waals surface area contributed by atoms with Crippen LogP contribution < -0.4 is 14.4 Å². The summed E-state index contributed by atoms with van der Waals surface area (Å²) in [5.41, 5.74) is 0.695. The second kappa shape index (κ2) is 9.78. The number of nitrogens with zero attached hydrogens (tertiary/aromatic N) is 5. The van der Waals surface area contributed by atoms with E-state index in [0.717, 1.165) is 50.8 Å². The van der Waals surface area contributed by atoms with Gasteiger partial charge in [0.1, 0.15) is 17.5 Å². The molecular formula is C23H28N6O5S. The van der Waals surface area contributed by atoms with Gasteiger partial charge in [-0.2, -0.15) is 0 Å².